The maximum atomic E-state index is 13.3. The number of carbonyl (C=O) groups excluding carboxylic acids is 1. The molecule has 6 rings (SSSR count). The van der Waals surface area contributed by atoms with Crippen molar-refractivity contribution in [3.05, 3.63) is 89.3 Å². The van der Waals surface area contributed by atoms with Crippen LogP contribution >= 0.6 is 22.7 Å². The van der Waals surface area contributed by atoms with Gasteiger partial charge in [0.05, 0.1) is 5.52 Å². The normalized spacial score (nSPS) is 14.2. The first kappa shape index (κ1) is 31.1. The van der Waals surface area contributed by atoms with E-state index >= 15 is 0 Å². The Morgan fingerprint density at radius 3 is 2.22 bits per heavy atom. The smallest absolute Gasteiger partial charge is 0.277 e. The third-order valence-corrected chi connectivity index (χ3v) is 13.3. The van der Waals surface area contributed by atoms with E-state index in [1.807, 2.05) is 12.1 Å². The molecule has 1 aliphatic heterocycles. The molecule has 236 valence electrons. The van der Waals surface area contributed by atoms with Gasteiger partial charge in [-0.25, -0.2) is 12.4 Å². The number of piperazine rings is 1. The molecule has 15 heteroatoms. The van der Waals surface area contributed by atoms with Crippen molar-refractivity contribution in [1.29, 1.82) is 0 Å². The Morgan fingerprint density at radius 2 is 1.58 bits per heavy atom. The molecule has 3 aromatic heterocycles. The van der Waals surface area contributed by atoms with E-state index in [1.54, 1.807) is 76.5 Å². The number of amides is 1. The molecule has 3 N–H and O–H groups in total. The van der Waals surface area contributed by atoms with Crippen molar-refractivity contribution in [3.8, 4) is 5.75 Å². The Kier molecular flexibility index (Phi) is 8.88. The summed E-state index contributed by atoms with van der Waals surface area (Å²) in [6.07, 6.45) is 2.10. The Balaban J connectivity index is 1.06. The Morgan fingerprint density at radius 1 is 0.889 bits per heavy atom. The van der Waals surface area contributed by atoms with E-state index in [9.17, 15) is 21.6 Å². The minimum absolute atomic E-state index is 0.145. The number of hydrogen-bond donors (Lipinski definition) is 2. The number of aromatic nitrogens is 1. The van der Waals surface area contributed by atoms with E-state index < -0.39 is 20.0 Å². The first-order valence-electron chi connectivity index (χ1n) is 14.1. The summed E-state index contributed by atoms with van der Waals surface area (Å²) in [6.45, 7) is 2.46. The number of carbonyl (C=O) groups is 1. The van der Waals surface area contributed by atoms with E-state index in [4.69, 9.17) is 10.5 Å². The maximum absolute atomic E-state index is 13.3. The summed E-state index contributed by atoms with van der Waals surface area (Å²) in [5.74, 6) is 0.321. The van der Waals surface area contributed by atoms with Gasteiger partial charge in [0, 0.05) is 49.1 Å². The van der Waals surface area contributed by atoms with Gasteiger partial charge in [0.2, 0.25) is 0 Å². The monoisotopic (exact) mass is 685 g/mol. The van der Waals surface area contributed by atoms with Crippen LogP contribution in [0.15, 0.2) is 92.1 Å². The van der Waals surface area contributed by atoms with Crippen LogP contribution in [0, 0.1) is 0 Å². The number of benzene rings is 2. The van der Waals surface area contributed by atoms with Crippen LogP contribution in [-0.4, -0.2) is 70.9 Å². The lowest BCUT2D eigenvalue weighted by atomic mass is 10.1. The fraction of sp³-hybridized carbons (Fsp3) is 0.233. The van der Waals surface area contributed by atoms with Crippen molar-refractivity contribution in [2.45, 2.75) is 14.8 Å². The molecule has 1 aliphatic rings. The van der Waals surface area contributed by atoms with Gasteiger partial charge in [-0.05, 0) is 83.9 Å². The van der Waals surface area contributed by atoms with E-state index in [0.29, 0.717) is 61.5 Å². The molecule has 0 aliphatic carbocycles. The van der Waals surface area contributed by atoms with Crippen LogP contribution in [0.2, 0.25) is 0 Å². The van der Waals surface area contributed by atoms with Gasteiger partial charge in [-0.1, -0.05) is 12.1 Å². The number of ether oxygens (including phenoxy) is 1. The van der Waals surface area contributed by atoms with Crippen molar-refractivity contribution in [1.82, 2.24) is 8.87 Å². The summed E-state index contributed by atoms with van der Waals surface area (Å²) in [6, 6.07) is 18.8. The summed E-state index contributed by atoms with van der Waals surface area (Å²) in [7, 11) is -7.36. The molecule has 0 saturated carbocycles. The predicted molar refractivity (Wildman–Crippen MR) is 177 cm³/mol. The zero-order valence-corrected chi connectivity index (χ0v) is 27.3. The van der Waals surface area contributed by atoms with Crippen LogP contribution in [0.1, 0.15) is 5.56 Å². The van der Waals surface area contributed by atoms with Gasteiger partial charge in [0.15, 0.2) is 6.61 Å². The number of nitrogens with two attached hydrogens (primary N) is 1. The van der Waals surface area contributed by atoms with Crippen molar-refractivity contribution >= 4 is 70.9 Å². The molecule has 0 bridgehead atoms. The van der Waals surface area contributed by atoms with Crippen LogP contribution in [0.25, 0.3) is 10.9 Å². The molecular formula is C30H31N5O6S4. The molecule has 0 atom stereocenters. The van der Waals surface area contributed by atoms with Crippen molar-refractivity contribution < 1.29 is 26.4 Å². The molecule has 0 spiro atoms. The van der Waals surface area contributed by atoms with Crippen LogP contribution < -0.4 is 20.1 Å². The van der Waals surface area contributed by atoms with Crippen LogP contribution in [-0.2, 0) is 31.3 Å². The lowest BCUT2D eigenvalue weighted by molar-refractivity contribution is -0.133. The lowest BCUT2D eigenvalue weighted by Gasteiger charge is -2.36. The minimum Gasteiger partial charge on any atom is -0.484 e. The first-order valence-corrected chi connectivity index (χ1v) is 18.8. The topological polar surface area (TPSA) is 144 Å². The third-order valence-electron chi connectivity index (χ3n) is 7.49. The molecule has 45 heavy (non-hydrogen) atoms. The van der Waals surface area contributed by atoms with Gasteiger partial charge in [0.1, 0.15) is 14.2 Å². The number of fused-ring (bicyclic) bond motifs is 1. The van der Waals surface area contributed by atoms with Gasteiger partial charge >= 0.3 is 0 Å². The minimum atomic E-state index is -3.75. The SMILES string of the molecule is NCCc1cn(S(=O)(=O)c2cccs2)c2ccc(OCC(=O)N3CCN(c4ccc(NS(=O)(=O)c5cccs5)cc4)CC3)cc12. The van der Waals surface area contributed by atoms with E-state index in [2.05, 4.69) is 9.62 Å². The summed E-state index contributed by atoms with van der Waals surface area (Å²) in [4.78, 5) is 16.9. The molecule has 1 saturated heterocycles. The quantitative estimate of drug-likeness (QED) is 0.212. The molecule has 5 aromatic rings. The highest BCUT2D eigenvalue weighted by molar-refractivity contribution is 7.94. The molecule has 1 amide bonds. The number of sulfonamides is 1. The molecule has 11 nitrogen and oxygen atoms in total. The second kappa shape index (κ2) is 12.8. The van der Waals surface area contributed by atoms with E-state index in [-0.39, 0.29) is 20.9 Å². The number of thiophene rings is 2. The van der Waals surface area contributed by atoms with Crippen molar-refractivity contribution in [2.75, 3.05) is 49.0 Å². The molecular weight excluding hydrogens is 655 g/mol. The summed E-state index contributed by atoms with van der Waals surface area (Å²) >= 11 is 2.32. The second-order valence-electron chi connectivity index (χ2n) is 10.3. The molecule has 0 unspecified atom stereocenters. The van der Waals surface area contributed by atoms with Crippen LogP contribution in [0.4, 0.5) is 11.4 Å². The Hall–Kier alpha value is -3.89. The van der Waals surface area contributed by atoms with Crippen LogP contribution in [0.5, 0.6) is 5.75 Å². The largest absolute Gasteiger partial charge is 0.484 e. The van der Waals surface area contributed by atoms with Crippen LogP contribution in [0.3, 0.4) is 0 Å². The Bertz CT molecular complexity index is 2000. The highest BCUT2D eigenvalue weighted by atomic mass is 32.3. The second-order valence-corrected chi connectivity index (χ2v) is 16.2. The van der Waals surface area contributed by atoms with Gasteiger partial charge in [-0.3, -0.25) is 9.52 Å². The van der Waals surface area contributed by atoms with E-state index in [1.165, 1.54) is 3.97 Å². The zero-order chi connectivity index (χ0) is 31.6. The molecule has 2 aromatic carbocycles. The van der Waals surface area contributed by atoms with Gasteiger partial charge in [0.25, 0.3) is 26.0 Å². The number of nitrogens with one attached hydrogen (secondary N) is 1. The lowest BCUT2D eigenvalue weighted by Crippen LogP contribution is -2.50. The predicted octanol–water partition coefficient (Wildman–Crippen LogP) is 4.03. The maximum Gasteiger partial charge on any atom is 0.277 e. The number of hydrogen-bond acceptors (Lipinski definition) is 10. The molecule has 1 fully saturated rings. The zero-order valence-electron chi connectivity index (χ0n) is 24.0. The fourth-order valence-electron chi connectivity index (χ4n) is 5.21. The number of nitrogens with zero attached hydrogens (tertiary/aromatic N) is 3. The van der Waals surface area contributed by atoms with Gasteiger partial charge < -0.3 is 20.3 Å². The first-order chi connectivity index (χ1) is 21.7. The number of rotatable bonds is 11. The van der Waals surface area contributed by atoms with Gasteiger partial charge in [-0.15, -0.1) is 22.7 Å². The van der Waals surface area contributed by atoms with E-state index in [0.717, 1.165) is 33.9 Å². The average Bonchev–Trinajstić information content (AvgIpc) is 3.83. The summed E-state index contributed by atoms with van der Waals surface area (Å²) < 4.78 is 61.7. The van der Waals surface area contributed by atoms with Gasteiger partial charge in [-0.2, -0.15) is 8.42 Å². The van der Waals surface area contributed by atoms with Crippen molar-refractivity contribution in [3.63, 3.8) is 0 Å². The highest BCUT2D eigenvalue weighted by Crippen LogP contribution is 2.31. The summed E-state index contributed by atoms with van der Waals surface area (Å²) in [5.41, 5.74) is 8.53. The molecule has 4 heterocycles. The average molecular weight is 686 g/mol. The number of anilines is 2. The standard InChI is InChI=1S/C30H31N5O6S4/c31-12-11-22-20-35(45(39,40)30-4-2-18-43-30)27-10-9-25(19-26(22)27)41-21-28(36)34-15-13-33(14-16-34)24-7-5-23(6-8-24)32-44(37,38)29-3-1-17-42-29/h1-10,17-20,32H,11-16,21,31H2. The Labute approximate surface area is 269 Å². The highest BCUT2D eigenvalue weighted by Gasteiger charge is 2.24. The molecule has 0 radical (unpaired) electrons. The summed E-state index contributed by atoms with van der Waals surface area (Å²) in [5, 5.41) is 4.15. The third kappa shape index (κ3) is 6.58. The van der Waals surface area contributed by atoms with Crippen molar-refractivity contribution in [2.24, 2.45) is 5.73 Å². The fourth-order valence-corrected chi connectivity index (χ4v) is 9.73.